The van der Waals surface area contributed by atoms with Crippen LogP contribution in [-0.2, 0) is 16.4 Å². The zero-order valence-corrected chi connectivity index (χ0v) is 13.1. The first kappa shape index (κ1) is 14.9. The number of ether oxygens (including phenoxy) is 1. The number of nitrogens with zero attached hydrogens (tertiary/aromatic N) is 2. The van der Waals surface area contributed by atoms with Crippen molar-refractivity contribution in [2.45, 2.75) is 6.42 Å². The molecule has 5 nitrogen and oxygen atoms in total. The van der Waals surface area contributed by atoms with E-state index in [1.54, 1.807) is 25.4 Å². The van der Waals surface area contributed by atoms with Gasteiger partial charge in [0.15, 0.2) is 0 Å². The molecule has 0 bridgehead atoms. The Balaban J connectivity index is 2.60. The molecule has 0 radical (unpaired) electrons. The maximum Gasteiger partial charge on any atom is 0.236 e. The van der Waals surface area contributed by atoms with Crippen molar-refractivity contribution in [1.29, 1.82) is 0 Å². The van der Waals surface area contributed by atoms with Crippen LogP contribution in [0.2, 0.25) is 0 Å². The third-order valence-corrected chi connectivity index (χ3v) is 4.26. The first-order valence-electron chi connectivity index (χ1n) is 6.36. The van der Waals surface area contributed by atoms with Crippen molar-refractivity contribution in [3.63, 3.8) is 0 Å². The normalized spacial score (nSPS) is 12.2. The van der Waals surface area contributed by atoms with Crippen molar-refractivity contribution >= 4 is 20.9 Å². The highest BCUT2D eigenvalue weighted by Crippen LogP contribution is 2.27. The summed E-state index contributed by atoms with van der Waals surface area (Å²) in [6, 6.07) is 5.45. The number of likely N-dealkylation sites (N-methyl/N-ethyl adjacent to an activating group) is 1. The molecular formula is C14H20N2O3S. The largest absolute Gasteiger partial charge is 0.497 e. The molecule has 20 heavy (non-hydrogen) atoms. The van der Waals surface area contributed by atoms with Crippen LogP contribution in [0.1, 0.15) is 5.56 Å². The SMILES string of the molecule is COc1ccc2c(c1)c(CCN(C)C)cn2S(C)(=O)=O. The van der Waals surface area contributed by atoms with E-state index in [-0.39, 0.29) is 0 Å². The van der Waals surface area contributed by atoms with Crippen molar-refractivity contribution < 1.29 is 13.2 Å². The van der Waals surface area contributed by atoms with Crippen molar-refractivity contribution in [2.75, 3.05) is 34.0 Å². The lowest BCUT2D eigenvalue weighted by Gasteiger charge is -2.08. The van der Waals surface area contributed by atoms with Crippen LogP contribution >= 0.6 is 0 Å². The van der Waals surface area contributed by atoms with Crippen LogP contribution < -0.4 is 4.74 Å². The molecule has 1 aromatic heterocycles. The Labute approximate surface area is 119 Å². The summed E-state index contributed by atoms with van der Waals surface area (Å²) >= 11 is 0. The zero-order chi connectivity index (χ0) is 14.9. The molecule has 0 aliphatic carbocycles. The second-order valence-corrected chi connectivity index (χ2v) is 7.01. The fraction of sp³-hybridized carbons (Fsp3) is 0.429. The van der Waals surface area contributed by atoms with Gasteiger partial charge in [-0.1, -0.05) is 0 Å². The number of hydrogen-bond acceptors (Lipinski definition) is 4. The first-order valence-corrected chi connectivity index (χ1v) is 8.21. The van der Waals surface area contributed by atoms with E-state index in [1.165, 1.54) is 10.2 Å². The minimum atomic E-state index is -3.30. The maximum atomic E-state index is 11.9. The van der Waals surface area contributed by atoms with E-state index in [1.807, 2.05) is 20.2 Å². The average Bonchev–Trinajstić information content (AvgIpc) is 2.74. The lowest BCUT2D eigenvalue weighted by atomic mass is 10.1. The molecule has 0 amide bonds. The Morgan fingerprint density at radius 2 is 2.00 bits per heavy atom. The molecule has 1 aromatic carbocycles. The van der Waals surface area contributed by atoms with Gasteiger partial charge in [0, 0.05) is 18.1 Å². The van der Waals surface area contributed by atoms with Gasteiger partial charge in [0.2, 0.25) is 10.0 Å². The molecule has 110 valence electrons. The summed E-state index contributed by atoms with van der Waals surface area (Å²) in [5.41, 5.74) is 1.71. The minimum absolute atomic E-state index is 0.696. The highest BCUT2D eigenvalue weighted by Gasteiger charge is 2.15. The van der Waals surface area contributed by atoms with Gasteiger partial charge in [-0.15, -0.1) is 0 Å². The van der Waals surface area contributed by atoms with E-state index in [0.717, 1.165) is 29.7 Å². The van der Waals surface area contributed by atoms with Gasteiger partial charge >= 0.3 is 0 Å². The second-order valence-electron chi connectivity index (χ2n) is 5.15. The molecular weight excluding hydrogens is 276 g/mol. The highest BCUT2D eigenvalue weighted by molar-refractivity contribution is 7.89. The summed E-state index contributed by atoms with van der Waals surface area (Å²) in [4.78, 5) is 2.07. The first-order chi connectivity index (χ1) is 9.32. The standard InChI is InChI=1S/C14H20N2O3S/c1-15(2)8-7-11-10-16(20(4,17)18)14-6-5-12(19-3)9-13(11)14/h5-6,9-10H,7-8H2,1-4H3. The number of rotatable bonds is 5. The lowest BCUT2D eigenvalue weighted by molar-refractivity contribution is 0.413. The van der Waals surface area contributed by atoms with Crippen LogP contribution in [0.15, 0.2) is 24.4 Å². The Kier molecular flexibility index (Phi) is 4.06. The van der Waals surface area contributed by atoms with Gasteiger partial charge in [-0.25, -0.2) is 12.4 Å². The second kappa shape index (κ2) is 5.46. The van der Waals surface area contributed by atoms with E-state index in [4.69, 9.17) is 4.74 Å². The number of hydrogen-bond donors (Lipinski definition) is 0. The van der Waals surface area contributed by atoms with Gasteiger partial charge in [-0.2, -0.15) is 0 Å². The van der Waals surface area contributed by atoms with Gasteiger partial charge in [0.05, 0.1) is 18.9 Å². The minimum Gasteiger partial charge on any atom is -0.497 e. The molecule has 0 spiro atoms. The average molecular weight is 296 g/mol. The summed E-state index contributed by atoms with van der Waals surface area (Å²) < 4.78 is 30.3. The molecule has 0 unspecified atom stereocenters. The smallest absolute Gasteiger partial charge is 0.236 e. The van der Waals surface area contributed by atoms with Gasteiger partial charge in [-0.3, -0.25) is 0 Å². The topological polar surface area (TPSA) is 51.5 Å². The van der Waals surface area contributed by atoms with Crippen molar-refractivity contribution in [2.24, 2.45) is 0 Å². The molecule has 2 rings (SSSR count). The van der Waals surface area contributed by atoms with E-state index >= 15 is 0 Å². The van der Waals surface area contributed by atoms with Crippen LogP contribution in [0, 0.1) is 0 Å². The van der Waals surface area contributed by atoms with E-state index in [0.29, 0.717) is 5.52 Å². The highest BCUT2D eigenvalue weighted by atomic mass is 32.2. The van der Waals surface area contributed by atoms with Crippen LogP contribution in [0.5, 0.6) is 5.75 Å². The summed E-state index contributed by atoms with van der Waals surface area (Å²) in [5, 5.41) is 0.927. The monoisotopic (exact) mass is 296 g/mol. The van der Waals surface area contributed by atoms with Crippen molar-refractivity contribution in [3.05, 3.63) is 30.0 Å². The number of benzene rings is 1. The number of aromatic nitrogens is 1. The van der Waals surface area contributed by atoms with Crippen LogP contribution in [0.3, 0.4) is 0 Å². The van der Waals surface area contributed by atoms with Gasteiger partial charge in [0.1, 0.15) is 5.75 Å². The predicted octanol–water partition coefficient (Wildman–Crippen LogP) is 1.56. The summed E-state index contributed by atoms with van der Waals surface area (Å²) in [5.74, 6) is 0.731. The summed E-state index contributed by atoms with van der Waals surface area (Å²) in [7, 11) is 2.29. The number of methoxy groups -OCH3 is 1. The molecule has 0 fully saturated rings. The molecule has 0 aliphatic heterocycles. The molecule has 0 saturated heterocycles. The zero-order valence-electron chi connectivity index (χ0n) is 12.3. The van der Waals surface area contributed by atoms with Crippen LogP contribution in [0.4, 0.5) is 0 Å². The van der Waals surface area contributed by atoms with Gasteiger partial charge in [0.25, 0.3) is 0 Å². The fourth-order valence-corrected chi connectivity index (χ4v) is 3.03. The van der Waals surface area contributed by atoms with Gasteiger partial charge < -0.3 is 9.64 Å². The predicted molar refractivity (Wildman–Crippen MR) is 81.0 cm³/mol. The molecule has 6 heteroatoms. The van der Waals surface area contributed by atoms with Crippen molar-refractivity contribution in [3.8, 4) is 5.75 Å². The fourth-order valence-electron chi connectivity index (χ4n) is 2.19. The summed E-state index contributed by atoms with van der Waals surface area (Å²) in [6.45, 7) is 0.861. The molecule has 0 N–H and O–H groups in total. The Morgan fingerprint density at radius 1 is 1.30 bits per heavy atom. The van der Waals surface area contributed by atoms with E-state index in [9.17, 15) is 8.42 Å². The third-order valence-electron chi connectivity index (χ3n) is 3.25. The molecule has 0 saturated carbocycles. The van der Waals surface area contributed by atoms with Gasteiger partial charge in [-0.05, 0) is 44.3 Å². The van der Waals surface area contributed by atoms with Crippen LogP contribution in [0.25, 0.3) is 10.9 Å². The lowest BCUT2D eigenvalue weighted by Crippen LogP contribution is -2.15. The Hall–Kier alpha value is -1.53. The summed E-state index contributed by atoms with van der Waals surface area (Å²) in [6.07, 6.45) is 3.72. The molecule has 2 aromatic rings. The van der Waals surface area contributed by atoms with E-state index < -0.39 is 10.0 Å². The molecule has 0 atom stereocenters. The van der Waals surface area contributed by atoms with Crippen molar-refractivity contribution in [1.82, 2.24) is 8.87 Å². The maximum absolute atomic E-state index is 11.9. The third kappa shape index (κ3) is 2.96. The Bertz CT molecular complexity index is 717. The molecule has 0 aliphatic rings. The van der Waals surface area contributed by atoms with E-state index in [2.05, 4.69) is 4.90 Å². The Morgan fingerprint density at radius 3 is 2.55 bits per heavy atom. The number of fused-ring (bicyclic) bond motifs is 1. The quantitative estimate of drug-likeness (QED) is 0.840. The van der Waals surface area contributed by atoms with Crippen LogP contribution in [-0.4, -0.2) is 51.3 Å². The molecule has 1 heterocycles.